The number of benzene rings is 2. The van der Waals surface area contributed by atoms with Crippen molar-refractivity contribution in [2.24, 2.45) is 0 Å². The number of phenols is 1. The topological polar surface area (TPSA) is 49.3 Å². The van der Waals surface area contributed by atoms with Gasteiger partial charge in [0.05, 0.1) is 5.69 Å². The van der Waals surface area contributed by atoms with Crippen molar-refractivity contribution in [3.8, 4) is 5.75 Å². The first-order chi connectivity index (χ1) is 11.0. The summed E-state index contributed by atoms with van der Waals surface area (Å²) in [6.07, 6.45) is 0. The van der Waals surface area contributed by atoms with Gasteiger partial charge in [-0.3, -0.25) is 4.79 Å². The number of anilines is 1. The molecule has 128 valence electrons. The van der Waals surface area contributed by atoms with E-state index in [0.29, 0.717) is 11.3 Å². The molecular weight excluding hydrogens is 298 g/mol. The first kappa shape index (κ1) is 18.1. The standard InChI is InChI=1S/C21H27NO2/c1-20(2,3)15-12-16(21(4,5)6)18(23)17(13-15)22-19(24)14-10-8-7-9-11-14/h7-13,23H,1-6H3,(H,22,24). The lowest BCUT2D eigenvalue weighted by Crippen LogP contribution is -2.19. The van der Waals surface area contributed by atoms with Gasteiger partial charge in [0.15, 0.2) is 0 Å². The van der Waals surface area contributed by atoms with Gasteiger partial charge in [-0.05, 0) is 34.6 Å². The number of phenolic OH excluding ortho intramolecular Hbond substituents is 1. The lowest BCUT2D eigenvalue weighted by molar-refractivity contribution is 0.102. The van der Waals surface area contributed by atoms with Crippen molar-refractivity contribution in [2.45, 2.75) is 52.4 Å². The van der Waals surface area contributed by atoms with E-state index in [9.17, 15) is 9.90 Å². The molecule has 0 bridgehead atoms. The van der Waals surface area contributed by atoms with Crippen LogP contribution in [-0.4, -0.2) is 11.0 Å². The average molecular weight is 325 g/mol. The van der Waals surface area contributed by atoms with Crippen molar-refractivity contribution in [3.63, 3.8) is 0 Å². The molecule has 0 spiro atoms. The van der Waals surface area contributed by atoms with Crippen molar-refractivity contribution in [1.29, 1.82) is 0 Å². The number of nitrogens with one attached hydrogen (secondary N) is 1. The summed E-state index contributed by atoms with van der Waals surface area (Å²) >= 11 is 0. The Labute approximate surface area is 144 Å². The van der Waals surface area contributed by atoms with E-state index in [-0.39, 0.29) is 22.5 Å². The van der Waals surface area contributed by atoms with Crippen LogP contribution in [0.25, 0.3) is 0 Å². The number of hydrogen-bond acceptors (Lipinski definition) is 2. The fraction of sp³-hybridized carbons (Fsp3) is 0.381. The van der Waals surface area contributed by atoms with Gasteiger partial charge in [0.2, 0.25) is 0 Å². The molecule has 0 atom stereocenters. The number of rotatable bonds is 2. The molecule has 3 heteroatoms. The molecule has 0 aliphatic carbocycles. The summed E-state index contributed by atoms with van der Waals surface area (Å²) in [6, 6.07) is 12.9. The Morgan fingerprint density at radius 3 is 2.00 bits per heavy atom. The molecule has 0 saturated carbocycles. The second-order valence-electron chi connectivity index (χ2n) is 8.24. The third-order valence-electron chi connectivity index (χ3n) is 4.07. The SMILES string of the molecule is CC(C)(C)c1cc(NC(=O)c2ccccc2)c(O)c(C(C)(C)C)c1. The minimum atomic E-state index is -0.225. The Kier molecular flexibility index (Phi) is 4.75. The van der Waals surface area contributed by atoms with Crippen molar-refractivity contribution < 1.29 is 9.90 Å². The molecule has 0 radical (unpaired) electrons. The fourth-order valence-corrected chi connectivity index (χ4v) is 2.52. The molecule has 2 rings (SSSR count). The third kappa shape index (κ3) is 3.97. The molecule has 24 heavy (non-hydrogen) atoms. The van der Waals surface area contributed by atoms with Crippen molar-refractivity contribution in [1.82, 2.24) is 0 Å². The zero-order valence-electron chi connectivity index (χ0n) is 15.4. The van der Waals surface area contributed by atoms with Gasteiger partial charge in [-0.2, -0.15) is 0 Å². The number of amides is 1. The van der Waals surface area contributed by atoms with Gasteiger partial charge >= 0.3 is 0 Å². The van der Waals surface area contributed by atoms with E-state index in [4.69, 9.17) is 0 Å². The maximum atomic E-state index is 12.5. The van der Waals surface area contributed by atoms with Gasteiger partial charge in [-0.25, -0.2) is 0 Å². The smallest absolute Gasteiger partial charge is 0.255 e. The number of carbonyl (C=O) groups is 1. The normalized spacial score (nSPS) is 12.1. The van der Waals surface area contributed by atoms with E-state index in [2.05, 4.69) is 46.9 Å². The van der Waals surface area contributed by atoms with Crippen molar-refractivity contribution >= 4 is 11.6 Å². The zero-order valence-corrected chi connectivity index (χ0v) is 15.4. The highest BCUT2D eigenvalue weighted by Gasteiger charge is 2.25. The average Bonchev–Trinajstić information content (AvgIpc) is 2.47. The first-order valence-corrected chi connectivity index (χ1v) is 8.24. The van der Waals surface area contributed by atoms with Crippen LogP contribution in [0.2, 0.25) is 0 Å². The summed E-state index contributed by atoms with van der Waals surface area (Å²) in [7, 11) is 0. The minimum absolute atomic E-state index is 0.0834. The lowest BCUT2D eigenvalue weighted by atomic mass is 9.79. The molecule has 0 aliphatic heterocycles. The second-order valence-corrected chi connectivity index (χ2v) is 8.24. The third-order valence-corrected chi connectivity index (χ3v) is 4.07. The predicted molar refractivity (Wildman–Crippen MR) is 99.9 cm³/mol. The molecule has 1 amide bonds. The Morgan fingerprint density at radius 1 is 0.917 bits per heavy atom. The van der Waals surface area contributed by atoms with Crippen LogP contribution in [0.4, 0.5) is 5.69 Å². The number of hydrogen-bond donors (Lipinski definition) is 2. The van der Waals surface area contributed by atoms with Crippen LogP contribution in [0.3, 0.4) is 0 Å². The van der Waals surface area contributed by atoms with Crippen LogP contribution in [0.1, 0.15) is 63.0 Å². The van der Waals surface area contributed by atoms with Gasteiger partial charge < -0.3 is 10.4 Å². The molecule has 3 nitrogen and oxygen atoms in total. The van der Waals surface area contributed by atoms with Gasteiger partial charge in [-0.15, -0.1) is 0 Å². The maximum Gasteiger partial charge on any atom is 0.255 e. The van der Waals surface area contributed by atoms with E-state index in [0.717, 1.165) is 11.1 Å². The first-order valence-electron chi connectivity index (χ1n) is 8.24. The molecule has 2 aromatic carbocycles. The van der Waals surface area contributed by atoms with Gasteiger partial charge in [0, 0.05) is 11.1 Å². The highest BCUT2D eigenvalue weighted by molar-refractivity contribution is 6.05. The molecule has 0 heterocycles. The van der Waals surface area contributed by atoms with Crippen LogP contribution in [-0.2, 0) is 10.8 Å². The van der Waals surface area contributed by atoms with Gasteiger partial charge in [0.25, 0.3) is 5.91 Å². The molecule has 0 aromatic heterocycles. The summed E-state index contributed by atoms with van der Waals surface area (Å²) in [6.45, 7) is 12.5. The van der Waals surface area contributed by atoms with Crippen LogP contribution in [0.15, 0.2) is 42.5 Å². The van der Waals surface area contributed by atoms with Gasteiger partial charge in [0.1, 0.15) is 5.75 Å². The maximum absolute atomic E-state index is 12.5. The molecule has 0 saturated heterocycles. The van der Waals surface area contributed by atoms with Crippen molar-refractivity contribution in [3.05, 3.63) is 59.2 Å². The summed E-state index contributed by atoms with van der Waals surface area (Å²) < 4.78 is 0. The van der Waals surface area contributed by atoms with Crippen LogP contribution < -0.4 is 5.32 Å². The fourth-order valence-electron chi connectivity index (χ4n) is 2.52. The molecule has 2 N–H and O–H groups in total. The highest BCUT2D eigenvalue weighted by atomic mass is 16.3. The van der Waals surface area contributed by atoms with E-state index in [1.165, 1.54) is 0 Å². The molecular formula is C21H27NO2. The summed E-state index contributed by atoms with van der Waals surface area (Å²) in [5.74, 6) is -0.0865. The molecule has 0 unspecified atom stereocenters. The molecule has 2 aromatic rings. The Bertz CT molecular complexity index is 735. The molecule has 0 fully saturated rings. The van der Waals surface area contributed by atoms with E-state index >= 15 is 0 Å². The van der Waals surface area contributed by atoms with Crippen LogP contribution >= 0.6 is 0 Å². The lowest BCUT2D eigenvalue weighted by Gasteiger charge is -2.27. The Balaban J connectivity index is 2.51. The quantitative estimate of drug-likeness (QED) is 0.742. The van der Waals surface area contributed by atoms with Crippen LogP contribution in [0, 0.1) is 0 Å². The minimum Gasteiger partial charge on any atom is -0.505 e. The number of carbonyl (C=O) groups excluding carboxylic acids is 1. The second kappa shape index (κ2) is 6.31. The monoisotopic (exact) mass is 325 g/mol. The highest BCUT2D eigenvalue weighted by Crippen LogP contribution is 2.40. The van der Waals surface area contributed by atoms with E-state index < -0.39 is 0 Å². The van der Waals surface area contributed by atoms with E-state index in [1.54, 1.807) is 12.1 Å². The summed E-state index contributed by atoms with van der Waals surface area (Å²) in [5.41, 5.74) is 2.63. The largest absolute Gasteiger partial charge is 0.505 e. The van der Waals surface area contributed by atoms with Gasteiger partial charge in [-0.1, -0.05) is 65.8 Å². The number of aromatic hydroxyl groups is 1. The Morgan fingerprint density at radius 2 is 1.50 bits per heavy atom. The van der Waals surface area contributed by atoms with Crippen LogP contribution in [0.5, 0.6) is 5.75 Å². The van der Waals surface area contributed by atoms with E-state index in [1.807, 2.05) is 30.3 Å². The Hall–Kier alpha value is -2.29. The van der Waals surface area contributed by atoms with Crippen molar-refractivity contribution in [2.75, 3.05) is 5.32 Å². The summed E-state index contributed by atoms with van der Waals surface area (Å²) in [5, 5.41) is 13.6. The predicted octanol–water partition coefficient (Wildman–Crippen LogP) is 5.24. The zero-order chi connectivity index (χ0) is 18.1. The summed E-state index contributed by atoms with van der Waals surface area (Å²) in [4.78, 5) is 12.5. The molecule has 0 aliphatic rings.